The van der Waals surface area contributed by atoms with Crippen LogP contribution in [0.3, 0.4) is 0 Å². The molecule has 3 amide bonds. The molecule has 0 bridgehead atoms. The summed E-state index contributed by atoms with van der Waals surface area (Å²) in [7, 11) is 1.45. The highest BCUT2D eigenvalue weighted by Crippen LogP contribution is 2.14. The molecule has 0 aromatic heterocycles. The van der Waals surface area contributed by atoms with E-state index in [1.807, 2.05) is 6.07 Å². The highest BCUT2D eigenvalue weighted by atomic mass is 16.4. The summed E-state index contributed by atoms with van der Waals surface area (Å²) in [4.78, 5) is 60.7. The number of phenols is 1. The number of hydrogen-bond acceptors (Lipinski definition) is 7. The van der Waals surface area contributed by atoms with Gasteiger partial charge in [0, 0.05) is 33.0 Å². The maximum absolute atomic E-state index is 13.7. The van der Waals surface area contributed by atoms with Crippen LogP contribution < -0.4 is 33.6 Å². The lowest BCUT2D eigenvalue weighted by Gasteiger charge is -2.27. The van der Waals surface area contributed by atoms with Crippen molar-refractivity contribution in [2.45, 2.75) is 50.2 Å². The second-order valence-corrected chi connectivity index (χ2v) is 10.1. The third-order valence-corrected chi connectivity index (χ3v) is 6.49. The fourth-order valence-corrected chi connectivity index (χ4v) is 4.23. The van der Waals surface area contributed by atoms with Crippen molar-refractivity contribution in [3.8, 4) is 5.75 Å². The molecule has 0 aliphatic carbocycles. The Bertz CT molecular complexity index is 1310. The van der Waals surface area contributed by atoms with Crippen LogP contribution in [-0.2, 0) is 32.0 Å². The Hall–Kier alpha value is -5.34. The predicted molar refractivity (Wildman–Crippen MR) is 165 cm³/mol. The van der Waals surface area contributed by atoms with Gasteiger partial charge in [-0.25, -0.2) is 4.99 Å². The molecule has 0 spiro atoms. The van der Waals surface area contributed by atoms with Gasteiger partial charge in [0.1, 0.15) is 23.9 Å². The van der Waals surface area contributed by atoms with Crippen molar-refractivity contribution in [3.05, 3.63) is 65.7 Å². The Morgan fingerprint density at radius 2 is 1.45 bits per heavy atom. The fourth-order valence-electron chi connectivity index (χ4n) is 4.23. The topological polar surface area (TPSA) is 265 Å². The largest absolute Gasteiger partial charge is 0.508 e. The minimum atomic E-state index is -1.14. The number of carboxylic acid groups (broad SMARTS) is 1. The minimum Gasteiger partial charge on any atom is -0.508 e. The molecule has 44 heavy (non-hydrogen) atoms. The molecule has 0 aliphatic heterocycles. The lowest BCUT2D eigenvalue weighted by Crippen LogP contribution is -2.56. The Labute approximate surface area is 255 Å². The number of carbonyl (C=O) groups excluding carboxylic acids is 3. The zero-order valence-electron chi connectivity index (χ0n) is 24.6. The first kappa shape index (κ1) is 34.9. The number of benzene rings is 2. The number of amides is 3. The first-order valence-electron chi connectivity index (χ1n) is 13.9. The summed E-state index contributed by atoms with van der Waals surface area (Å²) in [6, 6.07) is 11.8. The molecule has 0 radical (unpaired) electrons. The lowest BCUT2D eigenvalue weighted by molar-refractivity contribution is -0.139. The van der Waals surface area contributed by atoms with Gasteiger partial charge in [-0.15, -0.1) is 0 Å². The third kappa shape index (κ3) is 12.7. The number of nitrogens with one attached hydrogen (secondary N) is 2. The molecule has 0 saturated carbocycles. The summed E-state index contributed by atoms with van der Waals surface area (Å²) in [6.07, 6.45) is 0.315. The number of nitrogens with two attached hydrogens (primary N) is 4. The third-order valence-electron chi connectivity index (χ3n) is 6.49. The van der Waals surface area contributed by atoms with Crippen molar-refractivity contribution in [2.75, 3.05) is 20.1 Å². The molecule has 0 unspecified atom stereocenters. The molecule has 12 N–H and O–H groups in total. The Balaban J connectivity index is 2.31. The van der Waals surface area contributed by atoms with Crippen molar-refractivity contribution in [1.82, 2.24) is 15.5 Å². The lowest BCUT2D eigenvalue weighted by atomic mass is 10.0. The average Bonchev–Trinajstić information content (AvgIpc) is 2.97. The SMILES string of the molecule is CN(CCC(=O)O)C(=O)[C@H](Cc1ccccc1)NC(=O)[C@@H](CCCN=C(N)N)NC(=O)[C@H](Cc1ccc(O)cc1)N=C(N)N. The molecule has 2 aromatic carbocycles. The van der Waals surface area contributed by atoms with Crippen LogP contribution in [-0.4, -0.2) is 89.0 Å². The van der Waals surface area contributed by atoms with Gasteiger partial charge in [-0.3, -0.25) is 24.2 Å². The van der Waals surface area contributed by atoms with E-state index in [1.165, 1.54) is 24.1 Å². The Morgan fingerprint density at radius 1 is 0.841 bits per heavy atom. The van der Waals surface area contributed by atoms with Gasteiger partial charge in [-0.05, 0) is 36.1 Å². The van der Waals surface area contributed by atoms with Crippen LogP contribution in [0, 0.1) is 0 Å². The van der Waals surface area contributed by atoms with E-state index in [9.17, 15) is 24.3 Å². The molecule has 3 atom stereocenters. The number of nitrogens with zero attached hydrogens (tertiary/aromatic N) is 3. The van der Waals surface area contributed by atoms with E-state index in [4.69, 9.17) is 28.0 Å². The van der Waals surface area contributed by atoms with Crippen LogP contribution >= 0.6 is 0 Å². The number of hydrogen-bond donors (Lipinski definition) is 8. The van der Waals surface area contributed by atoms with E-state index in [2.05, 4.69) is 20.6 Å². The highest BCUT2D eigenvalue weighted by Gasteiger charge is 2.30. The molecule has 0 fully saturated rings. The van der Waals surface area contributed by atoms with Crippen LogP contribution in [0.2, 0.25) is 0 Å². The van der Waals surface area contributed by atoms with E-state index < -0.39 is 41.8 Å². The van der Waals surface area contributed by atoms with E-state index in [1.54, 1.807) is 36.4 Å². The monoisotopic (exact) mass is 611 g/mol. The number of carboxylic acids is 1. The molecule has 0 heterocycles. The summed E-state index contributed by atoms with van der Waals surface area (Å²) in [6.45, 7) is 0.114. The number of likely N-dealkylation sites (N-methyl/N-ethyl adjacent to an activating group) is 1. The highest BCUT2D eigenvalue weighted by molar-refractivity contribution is 5.94. The number of carbonyl (C=O) groups is 4. The molecular formula is C29H41N9O6. The van der Waals surface area contributed by atoms with Gasteiger partial charge < -0.3 is 48.7 Å². The van der Waals surface area contributed by atoms with E-state index in [-0.39, 0.29) is 56.4 Å². The van der Waals surface area contributed by atoms with Crippen LogP contribution in [0.5, 0.6) is 5.75 Å². The zero-order chi connectivity index (χ0) is 32.6. The molecule has 15 heteroatoms. The second kappa shape index (κ2) is 17.6. The van der Waals surface area contributed by atoms with Gasteiger partial charge >= 0.3 is 5.97 Å². The zero-order valence-corrected chi connectivity index (χ0v) is 24.6. The van der Waals surface area contributed by atoms with Crippen molar-refractivity contribution in [2.24, 2.45) is 32.9 Å². The van der Waals surface area contributed by atoms with Gasteiger partial charge in [0.15, 0.2) is 11.9 Å². The second-order valence-electron chi connectivity index (χ2n) is 10.1. The maximum atomic E-state index is 13.7. The summed E-state index contributed by atoms with van der Waals surface area (Å²) in [5, 5.41) is 24.1. The minimum absolute atomic E-state index is 0.0438. The number of aliphatic imine (C=N–C) groups is 2. The van der Waals surface area contributed by atoms with Gasteiger partial charge in [0.25, 0.3) is 0 Å². The summed E-state index contributed by atoms with van der Waals surface area (Å²) in [5.41, 5.74) is 23.4. The molecule has 15 nitrogen and oxygen atoms in total. The number of rotatable bonds is 17. The quantitative estimate of drug-likeness (QED) is 0.0600. The van der Waals surface area contributed by atoms with Gasteiger partial charge in [0.05, 0.1) is 6.42 Å². The normalized spacial score (nSPS) is 12.6. The van der Waals surface area contributed by atoms with Crippen LogP contribution in [0.15, 0.2) is 64.6 Å². The van der Waals surface area contributed by atoms with Crippen molar-refractivity contribution >= 4 is 35.6 Å². The number of aromatic hydroxyl groups is 1. The van der Waals surface area contributed by atoms with Gasteiger partial charge in [-0.1, -0.05) is 42.5 Å². The first-order valence-corrected chi connectivity index (χ1v) is 13.9. The van der Waals surface area contributed by atoms with E-state index in [0.29, 0.717) is 12.0 Å². The first-order chi connectivity index (χ1) is 20.8. The van der Waals surface area contributed by atoms with Crippen molar-refractivity contribution < 1.29 is 29.4 Å². The number of aliphatic carboxylic acids is 1. The molecule has 238 valence electrons. The van der Waals surface area contributed by atoms with Gasteiger partial charge in [-0.2, -0.15) is 0 Å². The molecular weight excluding hydrogens is 570 g/mol. The molecule has 0 saturated heterocycles. The smallest absolute Gasteiger partial charge is 0.305 e. The van der Waals surface area contributed by atoms with Crippen molar-refractivity contribution in [1.29, 1.82) is 0 Å². The summed E-state index contributed by atoms with van der Waals surface area (Å²) in [5.74, 6) is -3.30. The number of guanidine groups is 2. The average molecular weight is 612 g/mol. The van der Waals surface area contributed by atoms with Gasteiger partial charge in [0.2, 0.25) is 17.7 Å². The maximum Gasteiger partial charge on any atom is 0.305 e. The Morgan fingerprint density at radius 3 is 2.05 bits per heavy atom. The molecule has 2 rings (SSSR count). The van der Waals surface area contributed by atoms with E-state index >= 15 is 0 Å². The molecule has 2 aromatic rings. The standard InChI is InChI=1S/C29H41N9O6/c1-38(15-13-24(40)41)27(44)23(17-18-6-3-2-4-7-18)36-25(42)21(8-5-14-34-28(30)31)35-26(43)22(37-29(32)33)16-19-9-11-20(39)12-10-19/h2-4,6-7,9-12,21-23,39H,5,8,13-17H2,1H3,(H,35,43)(H,36,42)(H,40,41)(H4,30,31,34)(H4,32,33,37)/t21-,22+,23+/m1/s1. The van der Waals surface area contributed by atoms with Crippen molar-refractivity contribution in [3.63, 3.8) is 0 Å². The summed E-state index contributed by atoms with van der Waals surface area (Å²) < 4.78 is 0. The number of phenolic OH excluding ortho intramolecular Hbond substituents is 1. The van der Waals surface area contributed by atoms with E-state index in [0.717, 1.165) is 5.56 Å². The summed E-state index contributed by atoms with van der Waals surface area (Å²) >= 11 is 0. The predicted octanol–water partition coefficient (Wildman–Crippen LogP) is -1.22. The molecule has 0 aliphatic rings. The Kier molecular flexibility index (Phi) is 13.9. The fraction of sp³-hybridized carbons (Fsp3) is 0.379. The van der Waals surface area contributed by atoms with Crippen LogP contribution in [0.25, 0.3) is 0 Å². The van der Waals surface area contributed by atoms with Crippen LogP contribution in [0.1, 0.15) is 30.4 Å². The van der Waals surface area contributed by atoms with Crippen LogP contribution in [0.4, 0.5) is 0 Å².